The summed E-state index contributed by atoms with van der Waals surface area (Å²) in [6.07, 6.45) is 1.73. The quantitative estimate of drug-likeness (QED) is 0.912. The first-order valence-corrected chi connectivity index (χ1v) is 5.60. The van der Waals surface area contributed by atoms with Crippen molar-refractivity contribution in [2.24, 2.45) is 0 Å². The zero-order valence-corrected chi connectivity index (χ0v) is 10.5. The van der Waals surface area contributed by atoms with Crippen molar-refractivity contribution in [1.82, 2.24) is 9.55 Å². The molecule has 5 heteroatoms. The summed E-state index contributed by atoms with van der Waals surface area (Å²) in [4.78, 5) is 4.05. The molecule has 2 aromatic rings. The van der Waals surface area contributed by atoms with E-state index in [4.69, 9.17) is 22.1 Å². The van der Waals surface area contributed by atoms with Gasteiger partial charge < -0.3 is 15.0 Å². The maximum absolute atomic E-state index is 6.18. The van der Waals surface area contributed by atoms with Crippen molar-refractivity contribution in [3.05, 3.63) is 40.7 Å². The second kappa shape index (κ2) is 4.67. The summed E-state index contributed by atoms with van der Waals surface area (Å²) in [7, 11) is 1.62. The van der Waals surface area contributed by atoms with E-state index in [1.54, 1.807) is 13.3 Å². The number of nitrogens with zero attached hydrogens (tertiary/aromatic N) is 2. The number of rotatable bonds is 3. The number of imidazole rings is 1. The molecule has 0 bridgehead atoms. The predicted octanol–water partition coefficient (Wildman–Crippen LogP) is 2.48. The van der Waals surface area contributed by atoms with Gasteiger partial charge in [-0.25, -0.2) is 4.98 Å². The van der Waals surface area contributed by atoms with Crippen LogP contribution in [0.4, 0.5) is 5.95 Å². The molecule has 0 spiro atoms. The van der Waals surface area contributed by atoms with Gasteiger partial charge in [0, 0.05) is 16.3 Å². The molecule has 4 nitrogen and oxygen atoms in total. The lowest BCUT2D eigenvalue weighted by molar-refractivity contribution is 0.408. The van der Waals surface area contributed by atoms with E-state index in [9.17, 15) is 0 Å². The van der Waals surface area contributed by atoms with Crippen LogP contribution < -0.4 is 10.5 Å². The molecule has 0 unspecified atom stereocenters. The Bertz CT molecular complexity index is 517. The van der Waals surface area contributed by atoms with Crippen LogP contribution in [0.25, 0.3) is 0 Å². The third-order valence-electron chi connectivity index (χ3n) is 2.70. The van der Waals surface area contributed by atoms with Crippen LogP contribution >= 0.6 is 11.6 Å². The van der Waals surface area contributed by atoms with Crippen molar-refractivity contribution in [2.75, 3.05) is 12.8 Å². The van der Waals surface area contributed by atoms with Gasteiger partial charge in [-0.1, -0.05) is 17.7 Å². The van der Waals surface area contributed by atoms with Crippen LogP contribution in [0, 0.1) is 6.92 Å². The maximum atomic E-state index is 6.18. The first kappa shape index (κ1) is 11.8. The summed E-state index contributed by atoms with van der Waals surface area (Å²) in [5.41, 5.74) is 7.70. The Morgan fingerprint density at radius 1 is 1.47 bits per heavy atom. The lowest BCUT2D eigenvalue weighted by atomic mass is 10.2. The molecule has 0 saturated carbocycles. The number of halogens is 1. The summed E-state index contributed by atoms with van der Waals surface area (Å²) in [5, 5.41) is 0.664. The second-order valence-electron chi connectivity index (χ2n) is 3.76. The zero-order valence-electron chi connectivity index (χ0n) is 9.77. The number of aromatic nitrogens is 2. The molecular weight excluding hydrogens is 238 g/mol. The van der Waals surface area contributed by atoms with Gasteiger partial charge in [0.15, 0.2) is 0 Å². The number of hydrogen-bond donors (Lipinski definition) is 1. The molecular formula is C12H14ClN3O. The molecule has 0 aliphatic rings. The van der Waals surface area contributed by atoms with Crippen molar-refractivity contribution >= 4 is 17.5 Å². The third-order valence-corrected chi connectivity index (χ3v) is 3.05. The summed E-state index contributed by atoms with van der Waals surface area (Å²) in [6.45, 7) is 2.51. The van der Waals surface area contributed by atoms with Gasteiger partial charge in [-0.2, -0.15) is 0 Å². The molecule has 0 aliphatic heterocycles. The van der Waals surface area contributed by atoms with E-state index >= 15 is 0 Å². The smallest absolute Gasteiger partial charge is 0.200 e. The Morgan fingerprint density at radius 3 is 2.82 bits per heavy atom. The van der Waals surface area contributed by atoms with Gasteiger partial charge >= 0.3 is 0 Å². The highest BCUT2D eigenvalue weighted by Gasteiger charge is 2.11. The predicted molar refractivity (Wildman–Crippen MR) is 68.5 cm³/mol. The monoisotopic (exact) mass is 251 g/mol. The molecule has 1 aromatic heterocycles. The van der Waals surface area contributed by atoms with Gasteiger partial charge in [0.1, 0.15) is 5.75 Å². The van der Waals surface area contributed by atoms with E-state index in [1.165, 1.54) is 0 Å². The van der Waals surface area contributed by atoms with Crippen molar-refractivity contribution in [2.45, 2.75) is 13.5 Å². The highest BCUT2D eigenvalue weighted by Crippen LogP contribution is 2.28. The Labute approximate surface area is 105 Å². The van der Waals surface area contributed by atoms with Crippen LogP contribution in [0.3, 0.4) is 0 Å². The average molecular weight is 252 g/mol. The molecule has 0 fully saturated rings. The van der Waals surface area contributed by atoms with Crippen LogP contribution in [0.2, 0.25) is 5.02 Å². The lowest BCUT2D eigenvalue weighted by Crippen LogP contribution is -2.07. The van der Waals surface area contributed by atoms with Crippen molar-refractivity contribution < 1.29 is 4.74 Å². The summed E-state index contributed by atoms with van der Waals surface area (Å²) in [6, 6.07) is 5.57. The Kier molecular flexibility index (Phi) is 3.24. The van der Waals surface area contributed by atoms with Crippen molar-refractivity contribution in [1.29, 1.82) is 0 Å². The van der Waals surface area contributed by atoms with Gasteiger partial charge in [-0.15, -0.1) is 0 Å². The topological polar surface area (TPSA) is 53.1 Å². The molecule has 17 heavy (non-hydrogen) atoms. The number of nitrogens with two attached hydrogens (primary N) is 1. The Hall–Kier alpha value is -1.68. The van der Waals surface area contributed by atoms with Crippen LogP contribution in [0.5, 0.6) is 5.75 Å². The second-order valence-corrected chi connectivity index (χ2v) is 4.17. The van der Waals surface area contributed by atoms with Gasteiger partial charge in [0.2, 0.25) is 5.95 Å². The van der Waals surface area contributed by atoms with Crippen LogP contribution in [-0.2, 0) is 6.54 Å². The van der Waals surface area contributed by atoms with E-state index in [1.807, 2.05) is 29.7 Å². The van der Waals surface area contributed by atoms with E-state index in [0.717, 1.165) is 17.0 Å². The van der Waals surface area contributed by atoms with Gasteiger partial charge in [0.25, 0.3) is 0 Å². The number of ether oxygens (including phenoxy) is 1. The lowest BCUT2D eigenvalue weighted by Gasteiger charge is -2.13. The molecule has 2 N–H and O–H groups in total. The summed E-state index contributed by atoms with van der Waals surface area (Å²) >= 11 is 6.18. The molecule has 0 amide bonds. The third kappa shape index (κ3) is 2.22. The minimum absolute atomic E-state index is 0.476. The number of hydrogen-bond acceptors (Lipinski definition) is 3. The molecule has 90 valence electrons. The number of nitrogen functional groups attached to an aromatic ring is 1. The number of aryl methyl sites for hydroxylation is 1. The van der Waals surface area contributed by atoms with E-state index in [2.05, 4.69) is 4.98 Å². The highest BCUT2D eigenvalue weighted by molar-refractivity contribution is 6.31. The number of methoxy groups -OCH3 is 1. The Balaban J connectivity index is 2.42. The van der Waals surface area contributed by atoms with Crippen LogP contribution in [0.15, 0.2) is 24.4 Å². The largest absolute Gasteiger partial charge is 0.496 e. The summed E-state index contributed by atoms with van der Waals surface area (Å²) in [5.74, 6) is 1.23. The SMILES string of the molecule is COc1cccc(Cl)c1Cn1c(C)cnc1N. The fourth-order valence-corrected chi connectivity index (χ4v) is 1.95. The highest BCUT2D eigenvalue weighted by atomic mass is 35.5. The normalized spacial score (nSPS) is 10.5. The molecule has 0 saturated heterocycles. The first-order chi connectivity index (χ1) is 8.13. The fraction of sp³-hybridized carbons (Fsp3) is 0.250. The minimum Gasteiger partial charge on any atom is -0.496 e. The van der Waals surface area contributed by atoms with E-state index < -0.39 is 0 Å². The molecule has 2 rings (SSSR count). The maximum Gasteiger partial charge on any atom is 0.200 e. The molecule has 1 aromatic carbocycles. The number of benzene rings is 1. The minimum atomic E-state index is 0.476. The fourth-order valence-electron chi connectivity index (χ4n) is 1.73. The van der Waals surface area contributed by atoms with Crippen LogP contribution in [0.1, 0.15) is 11.3 Å². The molecule has 0 aliphatic carbocycles. The molecule has 1 heterocycles. The standard InChI is InChI=1S/C12H14ClN3O/c1-8-6-15-12(14)16(8)7-9-10(13)4-3-5-11(9)17-2/h3-6H,7H2,1-2H3,(H2,14,15). The summed E-state index contributed by atoms with van der Waals surface area (Å²) < 4.78 is 7.19. The van der Waals surface area contributed by atoms with Gasteiger partial charge in [-0.05, 0) is 19.1 Å². The average Bonchev–Trinajstić information content (AvgIpc) is 2.63. The molecule has 0 radical (unpaired) electrons. The molecule has 0 atom stereocenters. The van der Waals surface area contributed by atoms with E-state index in [0.29, 0.717) is 17.5 Å². The first-order valence-electron chi connectivity index (χ1n) is 5.22. The van der Waals surface area contributed by atoms with Gasteiger partial charge in [-0.3, -0.25) is 0 Å². The zero-order chi connectivity index (χ0) is 12.4. The van der Waals surface area contributed by atoms with Crippen LogP contribution in [-0.4, -0.2) is 16.7 Å². The number of anilines is 1. The Morgan fingerprint density at radius 2 is 2.24 bits per heavy atom. The van der Waals surface area contributed by atoms with Gasteiger partial charge in [0.05, 0.1) is 19.9 Å². The van der Waals surface area contributed by atoms with Crippen molar-refractivity contribution in [3.63, 3.8) is 0 Å². The van der Waals surface area contributed by atoms with Crippen molar-refractivity contribution in [3.8, 4) is 5.75 Å². The van der Waals surface area contributed by atoms with E-state index in [-0.39, 0.29) is 0 Å².